The zero-order chi connectivity index (χ0) is 21.7. The van der Waals surface area contributed by atoms with Gasteiger partial charge < -0.3 is 15.8 Å². The summed E-state index contributed by atoms with van der Waals surface area (Å²) in [4.78, 5) is 54.4. The van der Waals surface area contributed by atoms with Crippen molar-refractivity contribution in [1.82, 2.24) is 9.55 Å². The fourth-order valence-corrected chi connectivity index (χ4v) is 4.37. The minimum absolute atomic E-state index is 0.269. The van der Waals surface area contributed by atoms with Crippen molar-refractivity contribution in [2.75, 3.05) is 5.32 Å². The Balaban J connectivity index is 1.72. The average molecular weight is 426 g/mol. The zero-order valence-corrected chi connectivity index (χ0v) is 17.2. The normalized spacial score (nSPS) is 16.5. The second-order valence-corrected chi connectivity index (χ2v) is 8.06. The number of nitrogens with zero attached hydrogens (tertiary/aromatic N) is 2. The van der Waals surface area contributed by atoms with Crippen LogP contribution in [0.2, 0.25) is 0 Å². The summed E-state index contributed by atoms with van der Waals surface area (Å²) in [5.74, 6) is -0.793. The van der Waals surface area contributed by atoms with Crippen LogP contribution in [0.15, 0.2) is 29.3 Å². The van der Waals surface area contributed by atoms with E-state index in [9.17, 15) is 19.2 Å². The predicted octanol–water partition coefficient (Wildman–Crippen LogP) is 2.03. The van der Waals surface area contributed by atoms with Crippen molar-refractivity contribution in [2.24, 2.45) is 5.73 Å². The molecular formula is C20H18N4O5S. The third-order valence-electron chi connectivity index (χ3n) is 5.09. The lowest BCUT2D eigenvalue weighted by molar-refractivity contribution is -0.122. The molecule has 1 aliphatic heterocycles. The van der Waals surface area contributed by atoms with E-state index in [2.05, 4.69) is 10.3 Å². The zero-order valence-electron chi connectivity index (χ0n) is 16.4. The number of carbonyl (C=O) groups is 3. The minimum Gasteiger partial charge on any atom is -0.479 e. The molecule has 0 spiro atoms. The van der Waals surface area contributed by atoms with Crippen LogP contribution in [0.1, 0.15) is 45.5 Å². The number of nitrogens with two attached hydrogens (primary N) is 1. The van der Waals surface area contributed by atoms with Crippen molar-refractivity contribution in [3.05, 3.63) is 50.9 Å². The van der Waals surface area contributed by atoms with Gasteiger partial charge in [0.15, 0.2) is 11.9 Å². The first-order valence-electron chi connectivity index (χ1n) is 9.15. The SMILES string of the molecule is Cc1c(C(N)=O)sc2ncn(C(C)C(=O)c3ccc4c(c3)NC(=O)C(C)O4)c(=O)c12. The van der Waals surface area contributed by atoms with Crippen LogP contribution in [0.25, 0.3) is 10.2 Å². The molecule has 30 heavy (non-hydrogen) atoms. The molecule has 1 aromatic carbocycles. The molecule has 3 N–H and O–H groups in total. The number of rotatable bonds is 4. The summed E-state index contributed by atoms with van der Waals surface area (Å²) in [6.45, 7) is 4.85. The molecule has 2 unspecified atom stereocenters. The lowest BCUT2D eigenvalue weighted by atomic mass is 10.0. The van der Waals surface area contributed by atoms with Gasteiger partial charge in [0.05, 0.1) is 28.3 Å². The topological polar surface area (TPSA) is 133 Å². The summed E-state index contributed by atoms with van der Waals surface area (Å²) in [6.07, 6.45) is 0.673. The Morgan fingerprint density at radius 1 is 1.33 bits per heavy atom. The van der Waals surface area contributed by atoms with E-state index in [0.717, 1.165) is 11.3 Å². The maximum atomic E-state index is 13.1. The van der Waals surface area contributed by atoms with E-state index in [0.29, 0.717) is 27.4 Å². The molecular weight excluding hydrogens is 408 g/mol. The van der Waals surface area contributed by atoms with Gasteiger partial charge in [-0.05, 0) is 44.5 Å². The Morgan fingerprint density at radius 2 is 2.07 bits per heavy atom. The van der Waals surface area contributed by atoms with Crippen LogP contribution in [0.5, 0.6) is 5.75 Å². The maximum absolute atomic E-state index is 13.1. The van der Waals surface area contributed by atoms with Crippen LogP contribution >= 0.6 is 11.3 Å². The van der Waals surface area contributed by atoms with E-state index >= 15 is 0 Å². The molecule has 9 nitrogen and oxygen atoms in total. The second-order valence-electron chi connectivity index (χ2n) is 7.06. The molecule has 3 heterocycles. The number of ketones is 1. The van der Waals surface area contributed by atoms with Crippen molar-refractivity contribution in [2.45, 2.75) is 32.9 Å². The van der Waals surface area contributed by atoms with Crippen molar-refractivity contribution in [3.8, 4) is 5.75 Å². The van der Waals surface area contributed by atoms with E-state index in [1.165, 1.54) is 17.0 Å². The summed E-state index contributed by atoms with van der Waals surface area (Å²) in [7, 11) is 0. The van der Waals surface area contributed by atoms with Crippen molar-refractivity contribution < 1.29 is 19.1 Å². The number of benzene rings is 1. The summed E-state index contributed by atoms with van der Waals surface area (Å²) in [5, 5.41) is 2.97. The molecule has 0 radical (unpaired) electrons. The Kier molecular flexibility index (Phi) is 4.65. The Bertz CT molecular complexity index is 1290. The van der Waals surface area contributed by atoms with E-state index in [1.54, 1.807) is 32.9 Å². The summed E-state index contributed by atoms with van der Waals surface area (Å²) >= 11 is 1.05. The molecule has 154 valence electrons. The molecule has 10 heteroatoms. The van der Waals surface area contributed by atoms with Gasteiger partial charge >= 0.3 is 0 Å². The summed E-state index contributed by atoms with van der Waals surface area (Å²) in [5.41, 5.74) is 6.11. The van der Waals surface area contributed by atoms with E-state index in [1.807, 2.05) is 0 Å². The molecule has 3 aromatic rings. The Hall–Kier alpha value is -3.53. The molecule has 0 saturated heterocycles. The molecule has 0 fully saturated rings. The molecule has 0 aliphatic carbocycles. The van der Waals surface area contributed by atoms with Gasteiger partial charge in [-0.15, -0.1) is 11.3 Å². The van der Waals surface area contributed by atoms with Crippen LogP contribution < -0.4 is 21.3 Å². The van der Waals surface area contributed by atoms with Crippen LogP contribution in [-0.2, 0) is 4.79 Å². The smallest absolute Gasteiger partial charge is 0.265 e. The molecule has 2 amide bonds. The number of thiophene rings is 1. The molecule has 0 bridgehead atoms. The van der Waals surface area contributed by atoms with Gasteiger partial charge in [0, 0.05) is 5.56 Å². The number of aromatic nitrogens is 2. The number of nitrogens with one attached hydrogen (secondary N) is 1. The first-order chi connectivity index (χ1) is 14.2. The standard InChI is InChI=1S/C20H18N4O5S/c1-8-14-19(30-16(8)17(21)26)22-7-24(20(14)28)9(2)15(25)11-4-5-13-12(6-11)23-18(27)10(3)29-13/h4-7,9-10H,1-3H3,(H2,21,26)(H,23,27). The van der Waals surface area contributed by atoms with E-state index in [4.69, 9.17) is 10.5 Å². The van der Waals surface area contributed by atoms with Crippen LogP contribution in [0.3, 0.4) is 0 Å². The number of aryl methyl sites for hydroxylation is 1. The Morgan fingerprint density at radius 3 is 2.77 bits per heavy atom. The third-order valence-corrected chi connectivity index (χ3v) is 6.31. The average Bonchev–Trinajstić information content (AvgIpc) is 3.05. The van der Waals surface area contributed by atoms with Crippen LogP contribution in [-0.4, -0.2) is 33.3 Å². The molecule has 1 aliphatic rings. The number of carbonyl (C=O) groups excluding carboxylic acids is 3. The van der Waals surface area contributed by atoms with E-state index in [-0.39, 0.29) is 22.0 Å². The number of fused-ring (bicyclic) bond motifs is 2. The molecule has 2 aromatic heterocycles. The van der Waals surface area contributed by atoms with Gasteiger partial charge in [-0.1, -0.05) is 0 Å². The Labute approximate surface area is 174 Å². The molecule has 0 saturated carbocycles. The highest BCUT2D eigenvalue weighted by Crippen LogP contribution is 2.32. The van der Waals surface area contributed by atoms with Crippen molar-refractivity contribution in [3.63, 3.8) is 0 Å². The lowest BCUT2D eigenvalue weighted by Gasteiger charge is -2.24. The van der Waals surface area contributed by atoms with Crippen LogP contribution in [0, 0.1) is 6.92 Å². The number of hydrogen-bond acceptors (Lipinski definition) is 7. The molecule has 4 rings (SSSR count). The van der Waals surface area contributed by atoms with Gasteiger partial charge in [-0.3, -0.25) is 23.7 Å². The minimum atomic E-state index is -0.858. The van der Waals surface area contributed by atoms with Gasteiger partial charge in [0.25, 0.3) is 17.4 Å². The monoisotopic (exact) mass is 426 g/mol. The third kappa shape index (κ3) is 3.05. The first-order valence-corrected chi connectivity index (χ1v) is 9.96. The van der Waals surface area contributed by atoms with Crippen molar-refractivity contribution >= 4 is 44.8 Å². The summed E-state index contributed by atoms with van der Waals surface area (Å²) < 4.78 is 6.73. The van der Waals surface area contributed by atoms with Gasteiger partial charge in [0.2, 0.25) is 0 Å². The highest BCUT2D eigenvalue weighted by molar-refractivity contribution is 7.20. The lowest BCUT2D eigenvalue weighted by Crippen LogP contribution is -2.34. The van der Waals surface area contributed by atoms with Gasteiger partial charge in [-0.2, -0.15) is 0 Å². The maximum Gasteiger partial charge on any atom is 0.265 e. The van der Waals surface area contributed by atoms with Gasteiger partial charge in [0.1, 0.15) is 10.6 Å². The highest BCUT2D eigenvalue weighted by Gasteiger charge is 2.27. The van der Waals surface area contributed by atoms with Crippen molar-refractivity contribution in [1.29, 1.82) is 0 Å². The van der Waals surface area contributed by atoms with Gasteiger partial charge in [-0.25, -0.2) is 4.98 Å². The predicted molar refractivity (Wildman–Crippen MR) is 111 cm³/mol. The second kappa shape index (κ2) is 7.06. The number of hydrogen-bond donors (Lipinski definition) is 2. The first kappa shape index (κ1) is 19.8. The quantitative estimate of drug-likeness (QED) is 0.613. The number of Topliss-reactive ketones (excluding diaryl/α,β-unsaturated/α-hetero) is 1. The highest BCUT2D eigenvalue weighted by atomic mass is 32.1. The number of primary amides is 1. The number of ether oxygens (including phenoxy) is 1. The fraction of sp³-hybridized carbons (Fsp3) is 0.250. The number of anilines is 1. The largest absolute Gasteiger partial charge is 0.479 e. The number of amides is 2. The van der Waals surface area contributed by atoms with E-state index < -0.39 is 23.6 Å². The fourth-order valence-electron chi connectivity index (χ4n) is 3.38. The van der Waals surface area contributed by atoms with Crippen LogP contribution in [0.4, 0.5) is 5.69 Å². The summed E-state index contributed by atoms with van der Waals surface area (Å²) in [6, 6.07) is 3.86. The molecule has 2 atom stereocenters.